The number of halogens is 1. The van der Waals surface area contributed by atoms with Crippen LogP contribution in [0, 0.1) is 0 Å². The van der Waals surface area contributed by atoms with Gasteiger partial charge in [-0.05, 0) is 0 Å². The topological polar surface area (TPSA) is 54.9 Å². The number of hydrogen-bond donors (Lipinski definition) is 1. The molecule has 0 radical (unpaired) electrons. The molecule has 0 aliphatic heterocycles. The van der Waals surface area contributed by atoms with E-state index in [0.29, 0.717) is 17.4 Å². The van der Waals surface area contributed by atoms with Crippen molar-refractivity contribution >= 4 is 34.5 Å². The molecule has 6 heteroatoms. The van der Waals surface area contributed by atoms with Gasteiger partial charge >= 0.3 is 0 Å². The highest BCUT2D eigenvalue weighted by atomic mass is 35.5. The summed E-state index contributed by atoms with van der Waals surface area (Å²) in [5, 5.41) is 11.5. The molecular formula is C7H10ClN3OS. The fraction of sp³-hybridized carbons (Fsp3) is 0.571. The van der Waals surface area contributed by atoms with Gasteiger partial charge in [0.1, 0.15) is 5.01 Å². The minimum Gasteiger partial charge on any atom is -0.303 e. The van der Waals surface area contributed by atoms with E-state index in [9.17, 15) is 4.79 Å². The molecule has 0 spiro atoms. The fourth-order valence-corrected chi connectivity index (χ4v) is 1.67. The van der Waals surface area contributed by atoms with Crippen LogP contribution in [0.2, 0.25) is 0 Å². The van der Waals surface area contributed by atoms with E-state index >= 15 is 0 Å². The monoisotopic (exact) mass is 219 g/mol. The molecule has 0 fully saturated rings. The average molecular weight is 220 g/mol. The summed E-state index contributed by atoms with van der Waals surface area (Å²) in [5.74, 6) is 0.475. The van der Waals surface area contributed by atoms with E-state index in [2.05, 4.69) is 15.5 Å². The van der Waals surface area contributed by atoms with Crippen LogP contribution in [-0.2, 0) is 10.2 Å². The van der Waals surface area contributed by atoms with Crippen molar-refractivity contribution < 1.29 is 4.79 Å². The maximum Gasteiger partial charge on any atom is 0.213 e. The van der Waals surface area contributed by atoms with E-state index in [1.54, 1.807) is 0 Å². The minimum absolute atomic E-state index is 0.192. The lowest BCUT2D eigenvalue weighted by Gasteiger charge is -2.16. The Labute approximate surface area is 85.3 Å². The van der Waals surface area contributed by atoms with E-state index in [4.69, 9.17) is 11.6 Å². The summed E-state index contributed by atoms with van der Waals surface area (Å²) in [6.45, 7) is 3.95. The van der Waals surface area contributed by atoms with Gasteiger partial charge in [-0.2, -0.15) is 0 Å². The van der Waals surface area contributed by atoms with Crippen molar-refractivity contribution in [2.45, 2.75) is 19.3 Å². The maximum atomic E-state index is 10.1. The predicted octanol–water partition coefficient (Wildman–Crippen LogP) is 1.62. The van der Waals surface area contributed by atoms with Crippen LogP contribution in [0.3, 0.4) is 0 Å². The molecule has 0 bridgehead atoms. The normalized spacial score (nSPS) is 11.3. The first-order chi connectivity index (χ1) is 6.10. The Morgan fingerprint density at radius 3 is 2.85 bits per heavy atom. The highest BCUT2D eigenvalue weighted by molar-refractivity contribution is 7.15. The maximum absolute atomic E-state index is 10.1. The van der Waals surface area contributed by atoms with Gasteiger partial charge in [0.2, 0.25) is 11.5 Å². The molecule has 1 aromatic heterocycles. The third-order valence-corrected chi connectivity index (χ3v) is 3.41. The second kappa shape index (κ2) is 4.02. The molecule has 0 unspecified atom stereocenters. The molecule has 1 N–H and O–H groups in total. The molecule has 1 aromatic rings. The number of carbonyl (C=O) groups is 1. The van der Waals surface area contributed by atoms with Crippen molar-refractivity contribution in [2.24, 2.45) is 0 Å². The highest BCUT2D eigenvalue weighted by Crippen LogP contribution is 2.28. The summed E-state index contributed by atoms with van der Waals surface area (Å²) in [7, 11) is 0. The number of nitrogens with zero attached hydrogens (tertiary/aromatic N) is 2. The minimum atomic E-state index is -0.192. The van der Waals surface area contributed by atoms with Crippen LogP contribution in [0.25, 0.3) is 0 Å². The molecule has 1 amide bonds. The number of rotatable bonds is 4. The largest absolute Gasteiger partial charge is 0.303 e. The Bertz CT molecular complexity index is 300. The molecule has 13 heavy (non-hydrogen) atoms. The van der Waals surface area contributed by atoms with E-state index in [1.807, 2.05) is 13.8 Å². The van der Waals surface area contributed by atoms with Crippen molar-refractivity contribution in [3.63, 3.8) is 0 Å². The third-order valence-electron chi connectivity index (χ3n) is 1.52. The van der Waals surface area contributed by atoms with Gasteiger partial charge in [0, 0.05) is 11.3 Å². The number of aromatic nitrogens is 2. The summed E-state index contributed by atoms with van der Waals surface area (Å²) in [5.41, 5.74) is -0.192. The Morgan fingerprint density at radius 1 is 1.62 bits per heavy atom. The Kier molecular flexibility index (Phi) is 3.22. The SMILES string of the molecule is CC(C)(CCl)c1nnc(NC=O)s1. The standard InChI is InChI=1S/C7H10ClN3OS/c1-7(2,3-8)5-10-11-6(13-5)9-4-12/h4H,3H2,1-2H3,(H,9,11,12). The molecule has 1 rings (SSSR count). The summed E-state index contributed by atoms with van der Waals surface area (Å²) < 4.78 is 0. The smallest absolute Gasteiger partial charge is 0.213 e. The third kappa shape index (κ3) is 2.38. The van der Waals surface area contributed by atoms with Gasteiger partial charge in [0.05, 0.1) is 0 Å². The summed E-state index contributed by atoms with van der Waals surface area (Å²) >= 11 is 7.10. The number of hydrogen-bond acceptors (Lipinski definition) is 4. The predicted molar refractivity (Wildman–Crippen MR) is 53.3 cm³/mol. The van der Waals surface area contributed by atoms with Crippen molar-refractivity contribution in [2.75, 3.05) is 11.2 Å². The summed E-state index contributed by atoms with van der Waals surface area (Å²) in [6, 6.07) is 0. The van der Waals surface area contributed by atoms with Gasteiger partial charge < -0.3 is 5.32 Å². The number of alkyl halides is 1. The van der Waals surface area contributed by atoms with Crippen LogP contribution < -0.4 is 5.32 Å². The van der Waals surface area contributed by atoms with Gasteiger partial charge in [-0.25, -0.2) is 0 Å². The van der Waals surface area contributed by atoms with Gasteiger partial charge in [0.15, 0.2) is 0 Å². The number of amides is 1. The number of anilines is 1. The van der Waals surface area contributed by atoms with E-state index in [-0.39, 0.29) is 5.41 Å². The molecule has 72 valence electrons. The van der Waals surface area contributed by atoms with Crippen LogP contribution in [-0.4, -0.2) is 22.5 Å². The van der Waals surface area contributed by atoms with Crippen molar-refractivity contribution in [3.8, 4) is 0 Å². The molecule has 0 atom stereocenters. The first-order valence-corrected chi connectivity index (χ1v) is 5.05. The highest BCUT2D eigenvalue weighted by Gasteiger charge is 2.24. The summed E-state index contributed by atoms with van der Waals surface area (Å²) in [4.78, 5) is 10.1. The van der Waals surface area contributed by atoms with Gasteiger partial charge in [-0.3, -0.25) is 4.79 Å². The lowest BCUT2D eigenvalue weighted by atomic mass is 9.98. The quantitative estimate of drug-likeness (QED) is 0.619. The Hall–Kier alpha value is -0.680. The second-order valence-electron chi connectivity index (χ2n) is 3.19. The van der Waals surface area contributed by atoms with Crippen LogP contribution in [0.1, 0.15) is 18.9 Å². The van der Waals surface area contributed by atoms with E-state index in [1.165, 1.54) is 11.3 Å². The van der Waals surface area contributed by atoms with Crippen LogP contribution in [0.5, 0.6) is 0 Å². The molecule has 1 heterocycles. The molecule has 4 nitrogen and oxygen atoms in total. The summed E-state index contributed by atoms with van der Waals surface area (Å²) in [6.07, 6.45) is 0.581. The van der Waals surface area contributed by atoms with Gasteiger partial charge in [-0.1, -0.05) is 25.2 Å². The van der Waals surface area contributed by atoms with Crippen molar-refractivity contribution in [1.82, 2.24) is 10.2 Å². The number of nitrogens with one attached hydrogen (secondary N) is 1. The molecule has 0 saturated carbocycles. The van der Waals surface area contributed by atoms with Crippen LogP contribution in [0.4, 0.5) is 5.13 Å². The number of carbonyl (C=O) groups excluding carboxylic acids is 1. The van der Waals surface area contributed by atoms with Gasteiger partial charge in [0.25, 0.3) is 0 Å². The fourth-order valence-electron chi connectivity index (χ4n) is 0.663. The van der Waals surface area contributed by atoms with E-state index in [0.717, 1.165) is 5.01 Å². The first-order valence-electron chi connectivity index (χ1n) is 3.70. The van der Waals surface area contributed by atoms with Crippen molar-refractivity contribution in [3.05, 3.63) is 5.01 Å². The zero-order valence-electron chi connectivity index (χ0n) is 7.37. The molecule has 0 saturated heterocycles. The Balaban J connectivity index is 2.84. The van der Waals surface area contributed by atoms with Crippen molar-refractivity contribution in [1.29, 1.82) is 0 Å². The molecule has 0 aliphatic rings. The van der Waals surface area contributed by atoms with E-state index < -0.39 is 0 Å². The first kappa shape index (κ1) is 10.4. The van der Waals surface area contributed by atoms with Crippen LogP contribution >= 0.6 is 22.9 Å². The van der Waals surface area contributed by atoms with Gasteiger partial charge in [-0.15, -0.1) is 21.8 Å². The molecule has 0 aliphatic carbocycles. The average Bonchev–Trinajstić information content (AvgIpc) is 2.54. The molecular weight excluding hydrogens is 210 g/mol. The lowest BCUT2D eigenvalue weighted by Crippen LogP contribution is -2.18. The zero-order chi connectivity index (χ0) is 9.90. The molecule has 0 aromatic carbocycles. The Morgan fingerprint density at radius 2 is 2.31 bits per heavy atom. The zero-order valence-corrected chi connectivity index (χ0v) is 8.95. The van der Waals surface area contributed by atoms with Crippen LogP contribution in [0.15, 0.2) is 0 Å². The lowest BCUT2D eigenvalue weighted by molar-refractivity contribution is -0.105. The second-order valence-corrected chi connectivity index (χ2v) is 4.44.